The van der Waals surface area contributed by atoms with Gasteiger partial charge in [0.05, 0.1) is 0 Å². The lowest BCUT2D eigenvalue weighted by atomic mass is 9.66. The molecule has 0 saturated carbocycles. The number of allylic oxidation sites excluding steroid dienone is 12. The van der Waals surface area contributed by atoms with Crippen molar-refractivity contribution < 1.29 is 0 Å². The van der Waals surface area contributed by atoms with Gasteiger partial charge in [0.25, 0.3) is 0 Å². The first-order valence-corrected chi connectivity index (χ1v) is 13.4. The molecule has 0 N–H and O–H groups in total. The molecule has 0 radical (unpaired) electrons. The Bertz CT molecular complexity index is 1650. The predicted octanol–water partition coefficient (Wildman–Crippen LogP) is 7.43. The number of benzene rings is 3. The third kappa shape index (κ3) is 2.82. The maximum absolute atomic E-state index is 2.64. The minimum Gasteiger partial charge on any atom is -0.0842 e. The Labute approximate surface area is 212 Å². The maximum atomic E-state index is 2.64. The summed E-state index contributed by atoms with van der Waals surface area (Å²) in [5.74, 6) is 0.700. The molecular weight excluding hydrogens is 432 g/mol. The zero-order chi connectivity index (χ0) is 23.6. The van der Waals surface area contributed by atoms with Crippen LogP contribution in [0.5, 0.6) is 0 Å². The van der Waals surface area contributed by atoms with Crippen molar-refractivity contribution in [1.82, 2.24) is 0 Å². The van der Waals surface area contributed by atoms with Crippen LogP contribution in [0.3, 0.4) is 0 Å². The van der Waals surface area contributed by atoms with Crippen LogP contribution in [0.1, 0.15) is 36.8 Å². The largest absolute Gasteiger partial charge is 0.0842 e. The average Bonchev–Trinajstić information content (AvgIpc) is 3.26. The molecule has 0 fully saturated rings. The van der Waals surface area contributed by atoms with Gasteiger partial charge >= 0.3 is 0 Å². The Hall–Kier alpha value is -3.90. The summed E-state index contributed by atoms with van der Waals surface area (Å²) in [6.45, 7) is 0. The van der Waals surface area contributed by atoms with Crippen molar-refractivity contribution in [3.05, 3.63) is 142 Å². The minimum atomic E-state index is 0.350. The van der Waals surface area contributed by atoms with Crippen LogP contribution in [-0.4, -0.2) is 0 Å². The normalized spacial score (nSPS) is 23.4. The molecule has 0 bridgehead atoms. The molecule has 5 aliphatic rings. The van der Waals surface area contributed by atoms with Crippen LogP contribution in [0.4, 0.5) is 0 Å². The van der Waals surface area contributed by atoms with E-state index in [9.17, 15) is 0 Å². The molecule has 0 nitrogen and oxygen atoms in total. The standard InChI is InChI=1S/C36H28/c1-3-11-23(12-4-1)35-26-17-7-8-18-27(26)36(24-13-5-2-6-14-24)33-22-31-29-20-10-16-25-15-9-19-28(34(25)29)30(31)21-32(33)35/h1-3,5,7-11,13,15-22,32-33H,4,6,12,14H2. The van der Waals surface area contributed by atoms with Crippen molar-refractivity contribution in [2.24, 2.45) is 11.8 Å². The second kappa shape index (κ2) is 7.80. The second-order valence-corrected chi connectivity index (χ2v) is 10.6. The van der Waals surface area contributed by atoms with Crippen LogP contribution in [0, 0.1) is 11.8 Å². The Kier molecular flexibility index (Phi) is 4.40. The van der Waals surface area contributed by atoms with E-state index in [0.717, 1.165) is 25.7 Å². The van der Waals surface area contributed by atoms with Gasteiger partial charge in [-0.1, -0.05) is 109 Å². The van der Waals surface area contributed by atoms with Gasteiger partial charge in [-0.05, 0) is 91.5 Å². The molecule has 0 aromatic heterocycles. The number of hydrogen-bond donors (Lipinski definition) is 0. The van der Waals surface area contributed by atoms with Gasteiger partial charge in [0, 0.05) is 11.8 Å². The van der Waals surface area contributed by atoms with Crippen molar-refractivity contribution in [2.75, 3.05) is 0 Å². The van der Waals surface area contributed by atoms with Crippen LogP contribution in [-0.2, 0) is 0 Å². The molecule has 0 saturated heterocycles. The van der Waals surface area contributed by atoms with Crippen molar-refractivity contribution in [3.8, 4) is 0 Å². The van der Waals surface area contributed by atoms with Crippen molar-refractivity contribution >= 4 is 33.1 Å². The second-order valence-electron chi connectivity index (χ2n) is 10.6. The van der Waals surface area contributed by atoms with E-state index in [-0.39, 0.29) is 0 Å². The lowest BCUT2D eigenvalue weighted by molar-refractivity contribution is 0.678. The molecule has 8 rings (SSSR count). The fourth-order valence-electron chi connectivity index (χ4n) is 7.27. The number of rotatable bonds is 2. The van der Waals surface area contributed by atoms with Gasteiger partial charge in [0.15, 0.2) is 0 Å². The van der Waals surface area contributed by atoms with Gasteiger partial charge in [0.2, 0.25) is 0 Å². The zero-order valence-corrected chi connectivity index (χ0v) is 20.4. The van der Waals surface area contributed by atoms with E-state index in [2.05, 4.69) is 109 Å². The number of fused-ring (bicyclic) bond motifs is 5. The summed E-state index contributed by atoms with van der Waals surface area (Å²) in [5.41, 5.74) is 11.8. The molecule has 0 aliphatic heterocycles. The van der Waals surface area contributed by atoms with Crippen molar-refractivity contribution in [1.29, 1.82) is 0 Å². The van der Waals surface area contributed by atoms with Crippen molar-refractivity contribution in [2.45, 2.75) is 25.7 Å². The highest BCUT2D eigenvalue weighted by molar-refractivity contribution is 6.23. The highest BCUT2D eigenvalue weighted by Crippen LogP contribution is 2.53. The molecule has 0 amide bonds. The Morgan fingerprint density at radius 1 is 0.556 bits per heavy atom. The van der Waals surface area contributed by atoms with Crippen LogP contribution < -0.4 is 10.4 Å². The van der Waals surface area contributed by atoms with E-state index in [1.807, 2.05) is 0 Å². The zero-order valence-electron chi connectivity index (χ0n) is 20.4. The fourth-order valence-corrected chi connectivity index (χ4v) is 7.27. The number of hydrogen-bond acceptors (Lipinski definition) is 0. The molecule has 0 heteroatoms. The summed E-state index contributed by atoms with van der Waals surface area (Å²) in [6.07, 6.45) is 23.7. The molecule has 2 atom stereocenters. The van der Waals surface area contributed by atoms with Crippen LogP contribution in [0.15, 0.2) is 120 Å². The lowest BCUT2D eigenvalue weighted by Crippen LogP contribution is -2.41. The Morgan fingerprint density at radius 2 is 1.08 bits per heavy atom. The quantitative estimate of drug-likeness (QED) is 0.373. The fraction of sp³-hybridized carbons (Fsp3) is 0.167. The predicted molar refractivity (Wildman–Crippen MR) is 152 cm³/mol. The summed E-state index contributed by atoms with van der Waals surface area (Å²) in [6, 6.07) is 22.8. The topological polar surface area (TPSA) is 0 Å². The molecular formula is C36H28. The van der Waals surface area contributed by atoms with Crippen LogP contribution in [0.2, 0.25) is 0 Å². The van der Waals surface area contributed by atoms with E-state index in [0.29, 0.717) is 11.8 Å². The van der Waals surface area contributed by atoms with E-state index in [4.69, 9.17) is 0 Å². The van der Waals surface area contributed by atoms with Gasteiger partial charge in [0.1, 0.15) is 0 Å². The maximum Gasteiger partial charge on any atom is 0.0140 e. The lowest BCUT2D eigenvalue weighted by Gasteiger charge is -2.37. The Morgan fingerprint density at radius 3 is 1.56 bits per heavy atom. The third-order valence-electron chi connectivity index (χ3n) is 8.75. The average molecular weight is 461 g/mol. The van der Waals surface area contributed by atoms with Crippen LogP contribution >= 0.6 is 0 Å². The van der Waals surface area contributed by atoms with Crippen molar-refractivity contribution in [3.63, 3.8) is 0 Å². The molecule has 0 spiro atoms. The van der Waals surface area contributed by atoms with Gasteiger partial charge in [-0.3, -0.25) is 0 Å². The van der Waals surface area contributed by atoms with E-state index < -0.39 is 0 Å². The molecule has 36 heavy (non-hydrogen) atoms. The smallest absolute Gasteiger partial charge is 0.0140 e. The molecule has 2 unspecified atom stereocenters. The first kappa shape index (κ1) is 20.3. The van der Waals surface area contributed by atoms with E-state index in [1.54, 1.807) is 11.1 Å². The molecule has 3 aromatic rings. The SMILES string of the molecule is C1=CCCC(C2=c3ccccc3=C(C3=CC=CCC3)C3C=C4C(=CC23)c2cccc3cccc4c23)=C1. The summed E-state index contributed by atoms with van der Waals surface area (Å²) in [7, 11) is 0. The summed E-state index contributed by atoms with van der Waals surface area (Å²) in [4.78, 5) is 0. The van der Waals surface area contributed by atoms with E-state index in [1.165, 1.54) is 54.6 Å². The van der Waals surface area contributed by atoms with Gasteiger partial charge in [-0.25, -0.2) is 0 Å². The van der Waals surface area contributed by atoms with Gasteiger partial charge < -0.3 is 0 Å². The molecule has 172 valence electrons. The summed E-state index contributed by atoms with van der Waals surface area (Å²) < 4.78 is 0. The molecule has 0 heterocycles. The Balaban J connectivity index is 1.48. The monoisotopic (exact) mass is 460 g/mol. The molecule has 5 aliphatic carbocycles. The molecule has 3 aromatic carbocycles. The highest BCUT2D eigenvalue weighted by atomic mass is 14.4. The first-order valence-electron chi connectivity index (χ1n) is 13.4. The van der Waals surface area contributed by atoms with Gasteiger partial charge in [-0.2, -0.15) is 0 Å². The minimum absolute atomic E-state index is 0.350. The van der Waals surface area contributed by atoms with Gasteiger partial charge in [-0.15, -0.1) is 0 Å². The highest BCUT2D eigenvalue weighted by Gasteiger charge is 2.38. The third-order valence-corrected chi connectivity index (χ3v) is 8.75. The summed E-state index contributed by atoms with van der Waals surface area (Å²) >= 11 is 0. The first-order chi connectivity index (χ1) is 17.9. The van der Waals surface area contributed by atoms with Crippen LogP contribution in [0.25, 0.3) is 33.1 Å². The van der Waals surface area contributed by atoms with E-state index >= 15 is 0 Å². The summed E-state index contributed by atoms with van der Waals surface area (Å²) in [5, 5.41) is 5.65.